The second-order valence-corrected chi connectivity index (χ2v) is 6.07. The Hall–Kier alpha value is -0.470. The Morgan fingerprint density at radius 2 is 1.88 bits per heavy atom. The summed E-state index contributed by atoms with van der Waals surface area (Å²) in [5.41, 5.74) is 1.35. The lowest BCUT2D eigenvalue weighted by Crippen LogP contribution is -2.14. The average molecular weight is 250 g/mol. The smallest absolute Gasteiger partial charge is 0.0633 e. The lowest BCUT2D eigenvalue weighted by molar-refractivity contribution is 0.166. The van der Waals surface area contributed by atoms with Gasteiger partial charge >= 0.3 is 0 Å². The first-order valence-corrected chi connectivity index (χ1v) is 7.80. The molecule has 2 heteroatoms. The van der Waals surface area contributed by atoms with Crippen LogP contribution in [0.1, 0.15) is 37.7 Å². The van der Waals surface area contributed by atoms with E-state index < -0.39 is 0 Å². The molecule has 0 aromatic heterocycles. The Morgan fingerprint density at radius 3 is 2.59 bits per heavy atom. The number of thioether (sulfide) groups is 1. The van der Waals surface area contributed by atoms with Gasteiger partial charge in [-0.15, -0.1) is 0 Å². The highest BCUT2D eigenvalue weighted by Crippen LogP contribution is 2.29. The minimum absolute atomic E-state index is 0.105. The fourth-order valence-corrected chi connectivity index (χ4v) is 3.54. The third kappa shape index (κ3) is 4.72. The number of aliphatic hydroxyl groups excluding tert-OH is 1. The van der Waals surface area contributed by atoms with Crippen LogP contribution in [-0.4, -0.2) is 17.0 Å². The van der Waals surface area contributed by atoms with E-state index in [-0.39, 0.29) is 6.10 Å². The maximum absolute atomic E-state index is 9.97. The van der Waals surface area contributed by atoms with Gasteiger partial charge < -0.3 is 5.11 Å². The Labute approximate surface area is 109 Å². The highest BCUT2D eigenvalue weighted by atomic mass is 32.2. The molecule has 1 N–H and O–H groups in total. The van der Waals surface area contributed by atoms with Crippen molar-refractivity contribution < 1.29 is 5.11 Å². The molecule has 0 heterocycles. The van der Waals surface area contributed by atoms with E-state index in [0.29, 0.717) is 0 Å². The van der Waals surface area contributed by atoms with E-state index in [1.54, 1.807) is 0 Å². The van der Waals surface area contributed by atoms with Crippen molar-refractivity contribution in [2.75, 3.05) is 5.75 Å². The number of rotatable bonds is 6. The molecule has 1 aliphatic rings. The minimum Gasteiger partial charge on any atom is -0.392 e. The lowest BCUT2D eigenvalue weighted by Gasteiger charge is -2.14. The third-order valence-electron chi connectivity index (χ3n) is 3.50. The first kappa shape index (κ1) is 13.0. The molecular weight excluding hydrogens is 228 g/mol. The van der Waals surface area contributed by atoms with Crippen molar-refractivity contribution in [1.29, 1.82) is 0 Å². The highest BCUT2D eigenvalue weighted by molar-refractivity contribution is 7.98. The lowest BCUT2D eigenvalue weighted by atomic mass is 10.0. The summed E-state index contributed by atoms with van der Waals surface area (Å²) in [5, 5.41) is 9.97. The molecule has 1 aliphatic carbocycles. The zero-order chi connectivity index (χ0) is 11.9. The summed E-state index contributed by atoms with van der Waals surface area (Å²) in [6, 6.07) is 10.5. The summed E-state index contributed by atoms with van der Waals surface area (Å²) in [6.45, 7) is 0. The molecule has 94 valence electrons. The SMILES string of the molecule is OC(CSCc1ccccc1)CC1CCCC1. The topological polar surface area (TPSA) is 20.2 Å². The highest BCUT2D eigenvalue weighted by Gasteiger charge is 2.18. The average Bonchev–Trinajstić information content (AvgIpc) is 2.83. The minimum atomic E-state index is -0.105. The van der Waals surface area contributed by atoms with Crippen molar-refractivity contribution in [2.24, 2.45) is 5.92 Å². The molecule has 1 saturated carbocycles. The fraction of sp³-hybridized carbons (Fsp3) is 0.600. The molecule has 0 aliphatic heterocycles. The van der Waals surface area contributed by atoms with Crippen molar-refractivity contribution in [3.63, 3.8) is 0 Å². The molecule has 1 nitrogen and oxygen atoms in total. The van der Waals surface area contributed by atoms with Gasteiger partial charge in [-0.05, 0) is 17.9 Å². The van der Waals surface area contributed by atoms with E-state index in [0.717, 1.165) is 23.8 Å². The summed E-state index contributed by atoms with van der Waals surface area (Å²) in [4.78, 5) is 0. The first-order chi connectivity index (χ1) is 8.34. The van der Waals surface area contributed by atoms with Crippen LogP contribution in [0.5, 0.6) is 0 Å². The van der Waals surface area contributed by atoms with Crippen LogP contribution in [-0.2, 0) is 5.75 Å². The van der Waals surface area contributed by atoms with Crippen molar-refractivity contribution in [2.45, 2.75) is 44.0 Å². The van der Waals surface area contributed by atoms with Gasteiger partial charge in [0.15, 0.2) is 0 Å². The van der Waals surface area contributed by atoms with Gasteiger partial charge in [0.1, 0.15) is 0 Å². The molecule has 1 aromatic carbocycles. The van der Waals surface area contributed by atoms with Crippen molar-refractivity contribution >= 4 is 11.8 Å². The first-order valence-electron chi connectivity index (χ1n) is 6.64. The number of benzene rings is 1. The van der Waals surface area contributed by atoms with Crippen LogP contribution in [0.15, 0.2) is 30.3 Å². The van der Waals surface area contributed by atoms with Gasteiger partial charge in [-0.1, -0.05) is 56.0 Å². The van der Waals surface area contributed by atoms with Crippen LogP contribution < -0.4 is 0 Å². The van der Waals surface area contributed by atoms with Crippen LogP contribution in [0.25, 0.3) is 0 Å². The second-order valence-electron chi connectivity index (χ2n) is 5.04. The van der Waals surface area contributed by atoms with Gasteiger partial charge in [-0.2, -0.15) is 11.8 Å². The Bertz CT molecular complexity index is 306. The molecule has 0 radical (unpaired) electrons. The van der Waals surface area contributed by atoms with Gasteiger partial charge in [0.2, 0.25) is 0 Å². The molecule has 1 atom stereocenters. The molecule has 1 aromatic rings. The largest absolute Gasteiger partial charge is 0.392 e. The predicted molar refractivity (Wildman–Crippen MR) is 75.2 cm³/mol. The van der Waals surface area contributed by atoms with Gasteiger partial charge in [0.25, 0.3) is 0 Å². The number of hydrogen-bond donors (Lipinski definition) is 1. The van der Waals surface area contributed by atoms with Crippen molar-refractivity contribution in [3.8, 4) is 0 Å². The molecule has 0 spiro atoms. The van der Waals surface area contributed by atoms with Gasteiger partial charge in [-0.25, -0.2) is 0 Å². The van der Waals surface area contributed by atoms with E-state index in [1.807, 2.05) is 17.8 Å². The summed E-state index contributed by atoms with van der Waals surface area (Å²) in [5.74, 6) is 2.69. The van der Waals surface area contributed by atoms with Crippen LogP contribution in [0.4, 0.5) is 0 Å². The number of aliphatic hydroxyl groups is 1. The van der Waals surface area contributed by atoms with Crippen LogP contribution in [0.3, 0.4) is 0 Å². The molecule has 0 saturated heterocycles. The molecule has 0 amide bonds. The van der Waals surface area contributed by atoms with Gasteiger partial charge in [0, 0.05) is 11.5 Å². The molecule has 0 bridgehead atoms. The van der Waals surface area contributed by atoms with E-state index in [1.165, 1.54) is 31.2 Å². The molecule has 17 heavy (non-hydrogen) atoms. The van der Waals surface area contributed by atoms with Crippen LogP contribution in [0.2, 0.25) is 0 Å². The summed E-state index contributed by atoms with van der Waals surface area (Å²) < 4.78 is 0. The third-order valence-corrected chi connectivity index (χ3v) is 4.66. The zero-order valence-electron chi connectivity index (χ0n) is 10.3. The maximum atomic E-state index is 9.97. The van der Waals surface area contributed by atoms with Crippen molar-refractivity contribution in [3.05, 3.63) is 35.9 Å². The normalized spacial score (nSPS) is 18.4. The van der Waals surface area contributed by atoms with Crippen LogP contribution >= 0.6 is 11.8 Å². The van der Waals surface area contributed by atoms with E-state index in [2.05, 4.69) is 24.3 Å². The molecular formula is C15H22OS. The van der Waals surface area contributed by atoms with Crippen LogP contribution in [0, 0.1) is 5.92 Å². The monoisotopic (exact) mass is 250 g/mol. The molecule has 1 fully saturated rings. The van der Waals surface area contributed by atoms with Gasteiger partial charge in [0.05, 0.1) is 6.10 Å². The number of hydrogen-bond acceptors (Lipinski definition) is 2. The van der Waals surface area contributed by atoms with E-state index in [9.17, 15) is 5.11 Å². The zero-order valence-corrected chi connectivity index (χ0v) is 11.2. The molecule has 2 rings (SSSR count). The fourth-order valence-electron chi connectivity index (χ4n) is 2.59. The molecule has 1 unspecified atom stereocenters. The second kappa shape index (κ2) is 7.07. The Balaban J connectivity index is 1.61. The van der Waals surface area contributed by atoms with Gasteiger partial charge in [-0.3, -0.25) is 0 Å². The van der Waals surface area contributed by atoms with E-state index in [4.69, 9.17) is 0 Å². The predicted octanol–water partition coefficient (Wildman–Crippen LogP) is 3.86. The quantitative estimate of drug-likeness (QED) is 0.827. The maximum Gasteiger partial charge on any atom is 0.0633 e. The standard InChI is InChI=1S/C15H22OS/c16-15(10-13-6-4-5-7-13)12-17-11-14-8-2-1-3-9-14/h1-3,8-9,13,15-16H,4-7,10-12H2. The summed E-state index contributed by atoms with van der Waals surface area (Å²) in [7, 11) is 0. The van der Waals surface area contributed by atoms with Crippen molar-refractivity contribution in [1.82, 2.24) is 0 Å². The Morgan fingerprint density at radius 1 is 1.18 bits per heavy atom. The Kier molecular flexibility index (Phi) is 5.40. The summed E-state index contributed by atoms with van der Waals surface area (Å²) in [6.07, 6.45) is 6.32. The summed E-state index contributed by atoms with van der Waals surface area (Å²) >= 11 is 1.85. The van der Waals surface area contributed by atoms with E-state index >= 15 is 0 Å².